The molecule has 0 spiro atoms. The molecule has 3 aromatic rings. The van der Waals surface area contributed by atoms with Crippen molar-refractivity contribution in [1.29, 1.82) is 0 Å². The number of fused-ring (bicyclic) bond motifs is 2. The average Bonchev–Trinajstić information content (AvgIpc) is 2.72. The quantitative estimate of drug-likeness (QED) is 0.542. The van der Waals surface area contributed by atoms with Gasteiger partial charge in [0, 0.05) is 17.6 Å². The first-order chi connectivity index (χ1) is 14.0. The van der Waals surface area contributed by atoms with Gasteiger partial charge in [0.1, 0.15) is 23.9 Å². The third kappa shape index (κ3) is 4.11. The Morgan fingerprint density at radius 2 is 1.97 bits per heavy atom. The topological polar surface area (TPSA) is 126 Å². The molecule has 2 aromatic heterocycles. The van der Waals surface area contributed by atoms with Gasteiger partial charge < -0.3 is 19.8 Å². The summed E-state index contributed by atoms with van der Waals surface area (Å²) in [5.41, 5.74) is 0.463. The molecule has 0 saturated heterocycles. The fraction of sp³-hybridized carbons (Fsp3) is 0.263. The van der Waals surface area contributed by atoms with E-state index in [1.807, 2.05) is 25.1 Å². The molecule has 1 aromatic carbocycles. The standard InChI is InChI=1S/C19H18N4O5S/c1-2-10-5-11-6-14-15(28-4-3-27-14)7-12(11)22-18(10)29-9-16(24)21-13-8-20-19(26)23-17(13)25/h5-8H,2-4,9H2,1H3,(H,21,24)(H2,20,23,25,26). The number of anilines is 1. The van der Waals surface area contributed by atoms with E-state index in [1.54, 1.807) is 0 Å². The van der Waals surface area contributed by atoms with Gasteiger partial charge in [0.05, 0.1) is 11.3 Å². The third-order valence-corrected chi connectivity index (χ3v) is 5.37. The van der Waals surface area contributed by atoms with Crippen molar-refractivity contribution in [1.82, 2.24) is 15.0 Å². The Morgan fingerprint density at radius 1 is 1.21 bits per heavy atom. The van der Waals surface area contributed by atoms with Crippen LogP contribution in [0.5, 0.6) is 11.5 Å². The highest BCUT2D eigenvalue weighted by molar-refractivity contribution is 8.00. The van der Waals surface area contributed by atoms with Gasteiger partial charge >= 0.3 is 5.69 Å². The zero-order valence-electron chi connectivity index (χ0n) is 15.5. The maximum atomic E-state index is 12.2. The number of aromatic nitrogens is 3. The van der Waals surface area contributed by atoms with Crippen molar-refractivity contribution in [2.45, 2.75) is 18.4 Å². The highest BCUT2D eigenvalue weighted by Crippen LogP contribution is 2.35. The number of pyridine rings is 1. The number of carbonyl (C=O) groups is 1. The van der Waals surface area contributed by atoms with E-state index in [1.165, 1.54) is 18.0 Å². The van der Waals surface area contributed by atoms with Crippen molar-refractivity contribution < 1.29 is 14.3 Å². The number of H-pyrrole nitrogens is 2. The fourth-order valence-electron chi connectivity index (χ4n) is 2.94. The van der Waals surface area contributed by atoms with E-state index in [2.05, 4.69) is 15.3 Å². The van der Waals surface area contributed by atoms with Crippen LogP contribution in [0.2, 0.25) is 0 Å². The number of rotatable bonds is 5. The van der Waals surface area contributed by atoms with Crippen molar-refractivity contribution in [3.63, 3.8) is 0 Å². The molecule has 10 heteroatoms. The largest absolute Gasteiger partial charge is 0.486 e. The number of ether oxygens (including phenoxy) is 2. The molecule has 4 rings (SSSR count). The Bertz CT molecular complexity index is 1200. The second-order valence-corrected chi connectivity index (χ2v) is 7.28. The smallest absolute Gasteiger partial charge is 0.325 e. The Kier molecular flexibility index (Phi) is 5.26. The monoisotopic (exact) mass is 414 g/mol. The molecule has 1 amide bonds. The molecule has 29 heavy (non-hydrogen) atoms. The highest BCUT2D eigenvalue weighted by Gasteiger charge is 2.16. The van der Waals surface area contributed by atoms with Crippen LogP contribution in [-0.4, -0.2) is 39.8 Å². The van der Waals surface area contributed by atoms with Crippen LogP contribution in [0, 0.1) is 0 Å². The summed E-state index contributed by atoms with van der Waals surface area (Å²) in [7, 11) is 0. The van der Waals surface area contributed by atoms with E-state index >= 15 is 0 Å². The molecule has 0 fully saturated rings. The summed E-state index contributed by atoms with van der Waals surface area (Å²) >= 11 is 1.28. The third-order valence-electron chi connectivity index (χ3n) is 4.33. The summed E-state index contributed by atoms with van der Waals surface area (Å²) in [6.07, 6.45) is 1.92. The van der Waals surface area contributed by atoms with Crippen molar-refractivity contribution in [3.05, 3.63) is 50.8 Å². The van der Waals surface area contributed by atoms with E-state index in [9.17, 15) is 14.4 Å². The lowest BCUT2D eigenvalue weighted by atomic mass is 10.1. The molecule has 150 valence electrons. The van der Waals surface area contributed by atoms with Crippen molar-refractivity contribution in [2.75, 3.05) is 24.3 Å². The summed E-state index contributed by atoms with van der Waals surface area (Å²) in [6.45, 7) is 3.04. The zero-order chi connectivity index (χ0) is 20.4. The first-order valence-electron chi connectivity index (χ1n) is 9.01. The number of thioether (sulfide) groups is 1. The van der Waals surface area contributed by atoms with Gasteiger partial charge in [-0.15, -0.1) is 0 Å². The van der Waals surface area contributed by atoms with Gasteiger partial charge in [-0.05, 0) is 24.1 Å². The number of nitrogens with zero attached hydrogens (tertiary/aromatic N) is 1. The predicted molar refractivity (Wildman–Crippen MR) is 109 cm³/mol. The van der Waals surface area contributed by atoms with Crippen molar-refractivity contribution in [3.8, 4) is 11.5 Å². The van der Waals surface area contributed by atoms with E-state index in [0.717, 1.165) is 27.9 Å². The molecular formula is C19H18N4O5S. The Balaban J connectivity index is 1.54. The molecule has 0 aliphatic carbocycles. The van der Waals surface area contributed by atoms with Crippen molar-refractivity contribution in [2.24, 2.45) is 0 Å². The number of carbonyl (C=O) groups excluding carboxylic acids is 1. The minimum absolute atomic E-state index is 0.0128. The van der Waals surface area contributed by atoms with Crippen LogP contribution in [0.4, 0.5) is 5.69 Å². The van der Waals surface area contributed by atoms with Crippen LogP contribution < -0.4 is 26.0 Å². The molecule has 9 nitrogen and oxygen atoms in total. The molecule has 0 saturated carbocycles. The first kappa shape index (κ1) is 19.1. The maximum Gasteiger partial charge on any atom is 0.325 e. The second kappa shape index (κ2) is 8.00. The first-order valence-corrected chi connectivity index (χ1v) is 10.00. The van der Waals surface area contributed by atoms with E-state index in [-0.39, 0.29) is 17.3 Å². The van der Waals surface area contributed by atoms with Gasteiger partial charge in [0.15, 0.2) is 11.5 Å². The van der Waals surface area contributed by atoms with Gasteiger partial charge in [-0.3, -0.25) is 14.6 Å². The number of hydrogen-bond acceptors (Lipinski definition) is 7. The number of hydrogen-bond donors (Lipinski definition) is 3. The minimum Gasteiger partial charge on any atom is -0.486 e. The van der Waals surface area contributed by atoms with Crippen LogP contribution in [0.15, 0.2) is 39.0 Å². The Hall–Kier alpha value is -3.27. The van der Waals surface area contributed by atoms with E-state index < -0.39 is 11.2 Å². The lowest BCUT2D eigenvalue weighted by Crippen LogP contribution is -2.27. The van der Waals surface area contributed by atoms with Crippen LogP contribution in [0.25, 0.3) is 10.9 Å². The molecule has 0 bridgehead atoms. The number of aromatic amines is 2. The van der Waals surface area contributed by atoms with Crippen LogP contribution in [0.1, 0.15) is 12.5 Å². The van der Waals surface area contributed by atoms with Gasteiger partial charge in [0.25, 0.3) is 5.56 Å². The van der Waals surface area contributed by atoms with Crippen LogP contribution in [-0.2, 0) is 11.2 Å². The Morgan fingerprint density at radius 3 is 2.69 bits per heavy atom. The van der Waals surface area contributed by atoms with E-state index in [4.69, 9.17) is 14.5 Å². The van der Waals surface area contributed by atoms with Crippen LogP contribution >= 0.6 is 11.8 Å². The predicted octanol–water partition coefficient (Wildman–Crippen LogP) is 1.68. The molecular weight excluding hydrogens is 396 g/mol. The van der Waals surface area contributed by atoms with Gasteiger partial charge in [-0.2, -0.15) is 0 Å². The zero-order valence-corrected chi connectivity index (χ0v) is 16.4. The summed E-state index contributed by atoms with van der Waals surface area (Å²) in [4.78, 5) is 44.0. The molecule has 0 atom stereocenters. The van der Waals surface area contributed by atoms with Gasteiger partial charge in [-0.25, -0.2) is 9.78 Å². The second-order valence-electron chi connectivity index (χ2n) is 6.32. The number of aryl methyl sites for hydroxylation is 1. The molecule has 0 unspecified atom stereocenters. The number of amides is 1. The van der Waals surface area contributed by atoms with Gasteiger partial charge in [-0.1, -0.05) is 18.7 Å². The Labute approximate surface area is 168 Å². The summed E-state index contributed by atoms with van der Waals surface area (Å²) < 4.78 is 11.2. The summed E-state index contributed by atoms with van der Waals surface area (Å²) in [6, 6.07) is 5.79. The molecule has 1 aliphatic rings. The van der Waals surface area contributed by atoms with Crippen molar-refractivity contribution >= 4 is 34.3 Å². The summed E-state index contributed by atoms with van der Waals surface area (Å²) in [5.74, 6) is 1.05. The minimum atomic E-state index is -0.655. The van der Waals surface area contributed by atoms with E-state index in [0.29, 0.717) is 24.7 Å². The van der Waals surface area contributed by atoms with Crippen LogP contribution in [0.3, 0.4) is 0 Å². The maximum absolute atomic E-state index is 12.2. The molecule has 3 heterocycles. The summed E-state index contributed by atoms with van der Waals surface area (Å²) in [5, 5.41) is 4.17. The molecule has 0 radical (unpaired) electrons. The SMILES string of the molecule is CCc1cc2cc3c(cc2nc1SCC(=O)Nc1c[nH]c(=O)[nH]c1=O)OCCO3. The number of nitrogens with one attached hydrogen (secondary N) is 3. The fourth-order valence-corrected chi connectivity index (χ4v) is 3.83. The lowest BCUT2D eigenvalue weighted by molar-refractivity contribution is -0.113. The number of benzene rings is 1. The average molecular weight is 414 g/mol. The highest BCUT2D eigenvalue weighted by atomic mass is 32.2. The normalized spacial score (nSPS) is 12.7. The molecule has 3 N–H and O–H groups in total. The van der Waals surface area contributed by atoms with Gasteiger partial charge in [0.2, 0.25) is 5.91 Å². The molecule has 1 aliphatic heterocycles. The lowest BCUT2D eigenvalue weighted by Gasteiger charge is -2.19.